The first-order chi connectivity index (χ1) is 10.5. The molecule has 1 rings (SSSR count). The average Bonchev–Trinajstić information content (AvgIpc) is 2.47. The zero-order chi connectivity index (χ0) is 16.5. The lowest BCUT2D eigenvalue weighted by atomic mass is 10.1. The van der Waals surface area contributed by atoms with Gasteiger partial charge in [0.15, 0.2) is 5.84 Å². The number of benzene rings is 1. The molecule has 22 heavy (non-hydrogen) atoms. The quantitative estimate of drug-likeness (QED) is 0.394. The number of rotatable bonds is 4. The summed E-state index contributed by atoms with van der Waals surface area (Å²) in [5, 5.41) is 13.2. The minimum Gasteiger partial charge on any atom is -0.450 e. The SMILES string of the molecule is CCOC(=O)N=C(NC(=O)OCC)c1ccccc1[N+](=O)[O-]. The summed E-state index contributed by atoms with van der Waals surface area (Å²) in [6, 6.07) is 5.54. The number of carbonyl (C=O) groups excluding carboxylic acids is 2. The zero-order valence-electron chi connectivity index (χ0n) is 12.1. The molecule has 0 radical (unpaired) electrons. The van der Waals surface area contributed by atoms with Gasteiger partial charge >= 0.3 is 12.2 Å². The molecular weight excluding hydrogens is 294 g/mol. The number of ether oxygens (including phenoxy) is 2. The van der Waals surface area contributed by atoms with Crippen LogP contribution >= 0.6 is 0 Å². The Bertz CT molecular complexity index is 599. The highest BCUT2D eigenvalue weighted by Crippen LogP contribution is 2.18. The smallest absolute Gasteiger partial charge is 0.435 e. The minimum absolute atomic E-state index is 0.0337. The lowest BCUT2D eigenvalue weighted by Crippen LogP contribution is -2.33. The molecule has 1 aromatic rings. The Balaban J connectivity index is 3.23. The van der Waals surface area contributed by atoms with Crippen LogP contribution in [0.3, 0.4) is 0 Å². The molecule has 0 spiro atoms. The van der Waals surface area contributed by atoms with Gasteiger partial charge in [0.25, 0.3) is 5.69 Å². The summed E-state index contributed by atoms with van der Waals surface area (Å²) in [6.45, 7) is 3.34. The molecule has 0 saturated carbocycles. The van der Waals surface area contributed by atoms with E-state index in [0.29, 0.717) is 0 Å². The number of carbonyl (C=O) groups is 2. The maximum absolute atomic E-state index is 11.5. The van der Waals surface area contributed by atoms with Gasteiger partial charge in [0.1, 0.15) is 0 Å². The van der Waals surface area contributed by atoms with Crippen molar-refractivity contribution in [2.24, 2.45) is 4.99 Å². The first-order valence-corrected chi connectivity index (χ1v) is 6.42. The van der Waals surface area contributed by atoms with Crippen LogP contribution in [0.5, 0.6) is 0 Å². The van der Waals surface area contributed by atoms with Gasteiger partial charge in [0.05, 0.1) is 23.7 Å². The lowest BCUT2D eigenvalue weighted by molar-refractivity contribution is -0.385. The van der Waals surface area contributed by atoms with Gasteiger partial charge in [-0.05, 0) is 19.9 Å². The van der Waals surface area contributed by atoms with Crippen molar-refractivity contribution >= 4 is 23.7 Å². The Hall–Kier alpha value is -2.97. The Morgan fingerprint density at radius 3 is 2.45 bits per heavy atom. The van der Waals surface area contributed by atoms with Crippen molar-refractivity contribution in [2.45, 2.75) is 13.8 Å². The second-order valence-electron chi connectivity index (χ2n) is 3.78. The molecule has 1 aromatic carbocycles. The fraction of sp³-hybridized carbons (Fsp3) is 0.308. The predicted octanol–water partition coefficient (Wildman–Crippen LogP) is 2.24. The molecule has 0 heterocycles. The highest BCUT2D eigenvalue weighted by molar-refractivity contribution is 6.12. The molecule has 9 nitrogen and oxygen atoms in total. The third-order valence-electron chi connectivity index (χ3n) is 2.32. The standard InChI is InChI=1S/C13H15N3O6/c1-3-21-12(17)14-11(15-13(18)22-4-2)9-7-5-6-8-10(9)16(19)20/h5-8H,3-4H2,1-2H3,(H,14,15,17,18). The summed E-state index contributed by atoms with van der Waals surface area (Å²) in [6.07, 6.45) is -1.86. The van der Waals surface area contributed by atoms with Crippen LogP contribution in [0.25, 0.3) is 0 Å². The van der Waals surface area contributed by atoms with E-state index in [9.17, 15) is 19.7 Å². The van der Waals surface area contributed by atoms with E-state index in [1.54, 1.807) is 13.8 Å². The number of hydrogen-bond acceptors (Lipinski definition) is 6. The molecule has 2 amide bonds. The molecular formula is C13H15N3O6. The first kappa shape index (κ1) is 17.1. The van der Waals surface area contributed by atoms with Crippen molar-refractivity contribution in [3.8, 4) is 0 Å². The molecule has 118 valence electrons. The van der Waals surface area contributed by atoms with E-state index >= 15 is 0 Å². The van der Waals surface area contributed by atoms with Crippen molar-refractivity contribution in [1.82, 2.24) is 5.32 Å². The first-order valence-electron chi connectivity index (χ1n) is 6.42. The number of para-hydroxylation sites is 1. The van der Waals surface area contributed by atoms with E-state index in [-0.39, 0.29) is 30.3 Å². The molecule has 0 fully saturated rings. The van der Waals surface area contributed by atoms with E-state index in [2.05, 4.69) is 19.8 Å². The van der Waals surface area contributed by atoms with Crippen LogP contribution in [0, 0.1) is 10.1 Å². The van der Waals surface area contributed by atoms with Gasteiger partial charge in [-0.1, -0.05) is 12.1 Å². The number of nitro benzene ring substituents is 1. The summed E-state index contributed by atoms with van der Waals surface area (Å²) < 4.78 is 9.33. The fourth-order valence-corrected chi connectivity index (χ4v) is 1.50. The van der Waals surface area contributed by atoms with Gasteiger partial charge in [0, 0.05) is 6.07 Å². The fourth-order valence-electron chi connectivity index (χ4n) is 1.50. The topological polar surface area (TPSA) is 120 Å². The van der Waals surface area contributed by atoms with Crippen molar-refractivity contribution in [3.63, 3.8) is 0 Å². The van der Waals surface area contributed by atoms with E-state index in [4.69, 9.17) is 0 Å². The largest absolute Gasteiger partial charge is 0.450 e. The van der Waals surface area contributed by atoms with Crippen LogP contribution < -0.4 is 5.32 Å². The van der Waals surface area contributed by atoms with Crippen molar-refractivity contribution in [3.05, 3.63) is 39.9 Å². The lowest BCUT2D eigenvalue weighted by Gasteiger charge is -2.09. The summed E-state index contributed by atoms with van der Waals surface area (Å²) in [7, 11) is 0. The molecule has 0 aliphatic heterocycles. The molecule has 1 N–H and O–H groups in total. The van der Waals surface area contributed by atoms with Gasteiger partial charge < -0.3 is 9.47 Å². The van der Waals surface area contributed by atoms with E-state index in [1.807, 2.05) is 0 Å². The maximum Gasteiger partial charge on any atom is 0.435 e. The van der Waals surface area contributed by atoms with Crippen molar-refractivity contribution in [1.29, 1.82) is 0 Å². The Labute approximate surface area is 126 Å². The summed E-state index contributed by atoms with van der Waals surface area (Å²) in [5.41, 5.74) is -0.351. The van der Waals surface area contributed by atoms with Crippen LogP contribution in [-0.2, 0) is 9.47 Å². The second-order valence-corrected chi connectivity index (χ2v) is 3.78. The Kier molecular flexibility index (Phi) is 6.48. The number of amides is 2. The minimum atomic E-state index is -0.979. The van der Waals surface area contributed by atoms with Gasteiger partial charge in [0.2, 0.25) is 0 Å². The molecule has 0 aliphatic carbocycles. The van der Waals surface area contributed by atoms with Crippen LogP contribution in [0.4, 0.5) is 15.3 Å². The van der Waals surface area contributed by atoms with Crippen molar-refractivity contribution in [2.75, 3.05) is 13.2 Å². The zero-order valence-corrected chi connectivity index (χ0v) is 12.1. The van der Waals surface area contributed by atoms with Crippen LogP contribution in [-0.4, -0.2) is 36.2 Å². The summed E-state index contributed by atoms with van der Waals surface area (Å²) >= 11 is 0. The van der Waals surface area contributed by atoms with Gasteiger partial charge in [-0.25, -0.2) is 9.59 Å². The monoisotopic (exact) mass is 309 g/mol. The van der Waals surface area contributed by atoms with Crippen LogP contribution in [0.2, 0.25) is 0 Å². The summed E-state index contributed by atoms with van der Waals surface area (Å²) in [4.78, 5) is 36.9. The molecule has 0 aromatic heterocycles. The number of nitro groups is 1. The third-order valence-corrected chi connectivity index (χ3v) is 2.32. The number of alkyl carbamates (subject to hydrolysis) is 1. The van der Waals surface area contributed by atoms with Crippen LogP contribution in [0.1, 0.15) is 19.4 Å². The highest BCUT2D eigenvalue weighted by Gasteiger charge is 2.21. The third kappa shape index (κ3) is 4.85. The van der Waals surface area contributed by atoms with E-state index < -0.39 is 17.1 Å². The number of aliphatic imine (C=N–C) groups is 1. The Morgan fingerprint density at radius 1 is 1.23 bits per heavy atom. The molecule has 0 aliphatic rings. The normalized spacial score (nSPS) is 10.7. The molecule has 0 atom stereocenters. The molecule has 0 unspecified atom stereocenters. The Morgan fingerprint density at radius 2 is 1.86 bits per heavy atom. The van der Waals surface area contributed by atoms with Crippen molar-refractivity contribution < 1.29 is 24.0 Å². The molecule has 0 saturated heterocycles. The highest BCUT2D eigenvalue weighted by atomic mass is 16.6. The average molecular weight is 309 g/mol. The van der Waals surface area contributed by atoms with Crippen LogP contribution in [0.15, 0.2) is 29.3 Å². The number of nitrogens with one attached hydrogen (secondary N) is 1. The van der Waals surface area contributed by atoms with Gasteiger partial charge in [-0.2, -0.15) is 4.99 Å². The molecule has 9 heteroatoms. The van der Waals surface area contributed by atoms with E-state index in [1.165, 1.54) is 24.3 Å². The number of hydrogen-bond donors (Lipinski definition) is 1. The predicted molar refractivity (Wildman–Crippen MR) is 76.8 cm³/mol. The van der Waals surface area contributed by atoms with Gasteiger partial charge in [-0.3, -0.25) is 15.4 Å². The van der Waals surface area contributed by atoms with Gasteiger partial charge in [-0.15, -0.1) is 0 Å². The number of amidine groups is 1. The second kappa shape index (κ2) is 8.35. The number of nitrogens with zero attached hydrogens (tertiary/aromatic N) is 2. The maximum atomic E-state index is 11.5. The molecule has 0 bridgehead atoms. The van der Waals surface area contributed by atoms with E-state index in [0.717, 1.165) is 0 Å². The summed E-state index contributed by atoms with van der Waals surface area (Å²) in [5.74, 6) is -0.316.